The largest absolute Gasteiger partial charge is 0.371 e. The molecule has 1 radical (unpaired) electrons. The van der Waals surface area contributed by atoms with Gasteiger partial charge in [-0.2, -0.15) is 0 Å². The topological polar surface area (TPSA) is 3.24 Å². The zero-order valence-electron chi connectivity index (χ0n) is 6.49. The summed E-state index contributed by atoms with van der Waals surface area (Å²) in [6.07, 6.45) is 4.18. The zero-order valence-corrected chi connectivity index (χ0v) is 6.49. The van der Waals surface area contributed by atoms with Crippen molar-refractivity contribution in [3.8, 4) is 0 Å². The Hall–Kier alpha value is -1.24. The van der Waals surface area contributed by atoms with Gasteiger partial charge in [0, 0.05) is 13.2 Å². The third-order valence-corrected chi connectivity index (χ3v) is 1.83. The molecule has 1 aromatic rings. The van der Waals surface area contributed by atoms with Gasteiger partial charge in [-0.15, -0.1) is 0 Å². The van der Waals surface area contributed by atoms with E-state index >= 15 is 0 Å². The first-order valence-electron chi connectivity index (χ1n) is 3.70. The van der Waals surface area contributed by atoms with Crippen molar-refractivity contribution in [1.29, 1.82) is 0 Å². The predicted octanol–water partition coefficient (Wildman–Crippen LogP) is 2.11. The Labute approximate surface area is 67.0 Å². The average Bonchev–Trinajstić information content (AvgIpc) is 2.04. The Morgan fingerprint density at radius 3 is 2.64 bits per heavy atom. The second-order valence-electron chi connectivity index (χ2n) is 2.74. The van der Waals surface area contributed by atoms with E-state index in [1.165, 1.54) is 11.1 Å². The lowest BCUT2D eigenvalue weighted by Gasteiger charge is -2.19. The van der Waals surface area contributed by atoms with Gasteiger partial charge >= 0.3 is 0 Å². The van der Waals surface area contributed by atoms with Gasteiger partial charge in [-0.3, -0.25) is 0 Å². The Morgan fingerprint density at radius 2 is 1.82 bits per heavy atom. The fourth-order valence-electron chi connectivity index (χ4n) is 1.24. The van der Waals surface area contributed by atoms with E-state index in [1.54, 1.807) is 0 Å². The first-order chi connectivity index (χ1) is 5.36. The van der Waals surface area contributed by atoms with Crippen LogP contribution in [-0.4, -0.2) is 11.9 Å². The van der Waals surface area contributed by atoms with Crippen molar-refractivity contribution < 1.29 is 0 Å². The smallest absolute Gasteiger partial charge is 0.0784 e. The summed E-state index contributed by atoms with van der Waals surface area (Å²) in [5.74, 6) is 0. The van der Waals surface area contributed by atoms with Gasteiger partial charge in [-0.25, -0.2) is 0 Å². The van der Waals surface area contributed by atoms with E-state index in [0.29, 0.717) is 0 Å². The maximum atomic E-state index is 2.12. The first kappa shape index (κ1) is 6.47. The first-order valence-corrected chi connectivity index (χ1v) is 3.70. The van der Waals surface area contributed by atoms with Crippen molar-refractivity contribution in [2.24, 2.45) is 0 Å². The summed E-state index contributed by atoms with van der Waals surface area (Å²) in [5, 5.41) is 0. The fourth-order valence-corrected chi connectivity index (χ4v) is 1.24. The van der Waals surface area contributed by atoms with Crippen LogP contribution in [0.2, 0.25) is 0 Å². The molecule has 0 fully saturated rings. The van der Waals surface area contributed by atoms with Crippen LogP contribution in [0.1, 0.15) is 11.1 Å². The van der Waals surface area contributed by atoms with Crippen LogP contribution in [0.4, 0.5) is 0 Å². The molecular formula is C10H10N. The molecule has 0 N–H and O–H groups in total. The standard InChI is InChI=1S/C10H10N/c1-11-7-6-9-4-2-3-5-10(9)8-11/h2-8H,1H3. The number of rotatable bonds is 0. The highest BCUT2D eigenvalue weighted by atomic mass is 15.1. The third-order valence-electron chi connectivity index (χ3n) is 1.83. The summed E-state index contributed by atoms with van der Waals surface area (Å²) < 4.78 is 0. The molecule has 0 amide bonds. The van der Waals surface area contributed by atoms with Crippen LogP contribution in [0.15, 0.2) is 30.5 Å². The van der Waals surface area contributed by atoms with Gasteiger partial charge in [0.25, 0.3) is 0 Å². The maximum absolute atomic E-state index is 2.12. The van der Waals surface area contributed by atoms with Gasteiger partial charge in [0.2, 0.25) is 0 Å². The minimum atomic E-state index is 1.29. The van der Waals surface area contributed by atoms with E-state index < -0.39 is 0 Å². The molecule has 55 valence electrons. The molecule has 0 saturated heterocycles. The predicted molar refractivity (Wildman–Crippen MR) is 46.6 cm³/mol. The fraction of sp³-hybridized carbons (Fsp3) is 0.100. The summed E-state index contributed by atoms with van der Waals surface area (Å²) >= 11 is 0. The molecule has 1 aliphatic rings. The Balaban J connectivity index is 2.46. The van der Waals surface area contributed by atoms with Crippen LogP contribution in [0.3, 0.4) is 0 Å². The van der Waals surface area contributed by atoms with E-state index in [9.17, 15) is 0 Å². The average molecular weight is 144 g/mol. The van der Waals surface area contributed by atoms with Gasteiger partial charge in [-0.05, 0) is 17.2 Å². The van der Waals surface area contributed by atoms with E-state index in [1.807, 2.05) is 7.05 Å². The molecule has 0 saturated carbocycles. The van der Waals surface area contributed by atoms with Gasteiger partial charge in [0.15, 0.2) is 0 Å². The lowest BCUT2D eigenvalue weighted by molar-refractivity contribution is 0.571. The molecule has 0 bridgehead atoms. The Morgan fingerprint density at radius 1 is 1.09 bits per heavy atom. The number of benzene rings is 1. The van der Waals surface area contributed by atoms with Crippen LogP contribution < -0.4 is 0 Å². The highest BCUT2D eigenvalue weighted by Crippen LogP contribution is 2.18. The summed E-state index contributed by atoms with van der Waals surface area (Å²) in [6.45, 7) is 2.12. The molecule has 11 heavy (non-hydrogen) atoms. The summed E-state index contributed by atoms with van der Waals surface area (Å²) in [6, 6.07) is 8.36. The number of hydrogen-bond donors (Lipinski definition) is 0. The van der Waals surface area contributed by atoms with Crippen LogP contribution in [0.5, 0.6) is 0 Å². The normalized spacial score (nSPS) is 14.8. The maximum Gasteiger partial charge on any atom is 0.0784 e. The van der Waals surface area contributed by atoms with Crippen LogP contribution in [0, 0.1) is 6.54 Å². The second kappa shape index (κ2) is 2.42. The molecule has 1 aromatic carbocycles. The lowest BCUT2D eigenvalue weighted by atomic mass is 10.1. The molecule has 1 heteroatoms. The zero-order chi connectivity index (χ0) is 7.68. The van der Waals surface area contributed by atoms with Crippen molar-refractivity contribution in [3.63, 3.8) is 0 Å². The molecule has 2 rings (SSSR count). The quantitative estimate of drug-likeness (QED) is 0.539. The van der Waals surface area contributed by atoms with Crippen molar-refractivity contribution in [1.82, 2.24) is 4.90 Å². The van der Waals surface area contributed by atoms with Crippen molar-refractivity contribution in [2.45, 2.75) is 0 Å². The van der Waals surface area contributed by atoms with Gasteiger partial charge in [0.1, 0.15) is 0 Å². The number of nitrogens with zero attached hydrogens (tertiary/aromatic N) is 1. The molecule has 0 unspecified atom stereocenters. The van der Waals surface area contributed by atoms with Gasteiger partial charge in [-0.1, -0.05) is 24.3 Å². The van der Waals surface area contributed by atoms with Crippen molar-refractivity contribution in [2.75, 3.05) is 7.05 Å². The number of fused-ring (bicyclic) bond motifs is 1. The van der Waals surface area contributed by atoms with Crippen LogP contribution >= 0.6 is 0 Å². The summed E-state index contributed by atoms with van der Waals surface area (Å²) in [5.41, 5.74) is 2.59. The van der Waals surface area contributed by atoms with E-state index in [0.717, 1.165) is 0 Å². The molecule has 0 aromatic heterocycles. The molecule has 1 nitrogen and oxygen atoms in total. The van der Waals surface area contributed by atoms with E-state index in [2.05, 4.69) is 48.0 Å². The van der Waals surface area contributed by atoms with E-state index in [4.69, 9.17) is 0 Å². The van der Waals surface area contributed by atoms with Gasteiger partial charge in [0.05, 0.1) is 6.54 Å². The molecule has 0 atom stereocenters. The Bertz CT molecular complexity index is 289. The SMILES string of the molecule is CN1[CH]c2ccccc2C=C1. The summed E-state index contributed by atoms with van der Waals surface area (Å²) in [4.78, 5) is 2.06. The van der Waals surface area contributed by atoms with E-state index in [-0.39, 0.29) is 0 Å². The minimum Gasteiger partial charge on any atom is -0.371 e. The molecule has 0 aliphatic carbocycles. The monoisotopic (exact) mass is 144 g/mol. The minimum absolute atomic E-state index is 1.29. The Kier molecular flexibility index (Phi) is 1.42. The summed E-state index contributed by atoms with van der Waals surface area (Å²) in [7, 11) is 2.03. The lowest BCUT2D eigenvalue weighted by Crippen LogP contribution is -2.11. The van der Waals surface area contributed by atoms with Crippen molar-refractivity contribution in [3.05, 3.63) is 48.1 Å². The van der Waals surface area contributed by atoms with Gasteiger partial charge < -0.3 is 4.90 Å². The molecule has 0 spiro atoms. The third kappa shape index (κ3) is 1.14. The van der Waals surface area contributed by atoms with Crippen LogP contribution in [0.25, 0.3) is 6.08 Å². The molecule has 1 aliphatic heterocycles. The number of hydrogen-bond acceptors (Lipinski definition) is 1. The molecular weight excluding hydrogens is 134 g/mol. The highest BCUT2D eigenvalue weighted by molar-refractivity contribution is 5.58. The second-order valence-corrected chi connectivity index (χ2v) is 2.74. The molecule has 1 heterocycles. The van der Waals surface area contributed by atoms with Crippen LogP contribution in [-0.2, 0) is 0 Å². The van der Waals surface area contributed by atoms with Crippen molar-refractivity contribution >= 4 is 6.08 Å². The highest BCUT2D eigenvalue weighted by Gasteiger charge is 2.05.